The Morgan fingerprint density at radius 1 is 1.16 bits per heavy atom. The molecule has 0 aliphatic heterocycles. The number of halogens is 3. The molecule has 3 aromatic rings. The van der Waals surface area contributed by atoms with Crippen LogP contribution < -0.4 is 10.4 Å². The fourth-order valence-corrected chi connectivity index (χ4v) is 4.29. The summed E-state index contributed by atoms with van der Waals surface area (Å²) in [7, 11) is 1.53. The number of tetrazole rings is 1. The largest absolute Gasteiger partial charge is 0.573 e. The molecule has 0 aliphatic rings. The molecule has 0 atom stereocenters. The molecule has 1 aromatic heterocycles. The molecule has 0 amide bonds. The lowest BCUT2D eigenvalue weighted by Gasteiger charge is -2.12. The van der Waals surface area contributed by atoms with E-state index in [1.165, 1.54) is 59.5 Å². The summed E-state index contributed by atoms with van der Waals surface area (Å²) < 4.78 is 43.9. The van der Waals surface area contributed by atoms with Crippen molar-refractivity contribution in [1.29, 1.82) is 0 Å². The highest BCUT2D eigenvalue weighted by atomic mass is 32.2. The zero-order chi connectivity index (χ0) is 22.6. The average Bonchev–Trinajstić information content (AvgIpc) is 3.04. The number of hydrogen-bond donors (Lipinski definition) is 0. The van der Waals surface area contributed by atoms with E-state index in [1.54, 1.807) is 6.07 Å². The van der Waals surface area contributed by atoms with Gasteiger partial charge in [-0.25, -0.2) is 9.79 Å². The van der Waals surface area contributed by atoms with Crippen LogP contribution in [0.4, 0.5) is 18.9 Å². The molecule has 0 saturated carbocycles. The molecular weight excluding hydrogens is 451 g/mol. The Hall–Kier alpha value is -2.73. The molecule has 1 heterocycles. The first-order valence-corrected chi connectivity index (χ1v) is 11.1. The summed E-state index contributed by atoms with van der Waals surface area (Å²) in [5.41, 5.74) is 2.68. The number of aryl methyl sites for hydroxylation is 2. The van der Waals surface area contributed by atoms with Crippen LogP contribution in [0.5, 0.6) is 5.75 Å². The van der Waals surface area contributed by atoms with Crippen molar-refractivity contribution < 1.29 is 17.9 Å². The maximum Gasteiger partial charge on any atom is 0.573 e. The Labute approximate surface area is 184 Å². The van der Waals surface area contributed by atoms with Crippen molar-refractivity contribution in [3.8, 4) is 11.4 Å². The number of hydrogen-bond acceptors (Lipinski definition) is 7. The van der Waals surface area contributed by atoms with Crippen molar-refractivity contribution in [2.24, 2.45) is 12.0 Å². The molecule has 31 heavy (non-hydrogen) atoms. The smallest absolute Gasteiger partial charge is 0.406 e. The van der Waals surface area contributed by atoms with Crippen LogP contribution >= 0.6 is 23.5 Å². The van der Waals surface area contributed by atoms with Gasteiger partial charge in [0.15, 0.2) is 0 Å². The topological polar surface area (TPSA) is 74.3 Å². The van der Waals surface area contributed by atoms with Crippen LogP contribution in [0.3, 0.4) is 0 Å². The third-order valence-corrected chi connectivity index (χ3v) is 6.21. The normalized spacial score (nSPS) is 12.3. The fourth-order valence-electron chi connectivity index (χ4n) is 2.64. The van der Waals surface area contributed by atoms with Gasteiger partial charge < -0.3 is 4.74 Å². The van der Waals surface area contributed by atoms with Gasteiger partial charge in [0.05, 0.1) is 11.4 Å². The predicted octanol–water partition coefficient (Wildman–Crippen LogP) is 4.46. The van der Waals surface area contributed by atoms with E-state index < -0.39 is 6.36 Å². The zero-order valence-corrected chi connectivity index (χ0v) is 18.4. The summed E-state index contributed by atoms with van der Waals surface area (Å²) in [6.07, 6.45) is -2.87. The van der Waals surface area contributed by atoms with Crippen LogP contribution in [0.15, 0.2) is 52.3 Å². The Kier molecular flexibility index (Phi) is 7.11. The molecule has 164 valence electrons. The monoisotopic (exact) mass is 469 g/mol. The quantitative estimate of drug-likeness (QED) is 0.406. The van der Waals surface area contributed by atoms with Crippen molar-refractivity contribution in [2.75, 3.05) is 6.26 Å². The van der Waals surface area contributed by atoms with Crippen LogP contribution in [0.25, 0.3) is 5.69 Å². The maximum absolute atomic E-state index is 12.3. The Bertz CT molecular complexity index is 1140. The molecule has 0 bridgehead atoms. The summed E-state index contributed by atoms with van der Waals surface area (Å²) >= 11 is 2.86. The fraction of sp³-hybridized carbons (Fsp3) is 0.263. The van der Waals surface area contributed by atoms with E-state index in [0.717, 1.165) is 15.8 Å². The maximum atomic E-state index is 12.3. The molecule has 0 spiro atoms. The van der Waals surface area contributed by atoms with Crippen LogP contribution in [0.2, 0.25) is 0 Å². The minimum atomic E-state index is -4.73. The lowest BCUT2D eigenvalue weighted by Crippen LogP contribution is -2.23. The Morgan fingerprint density at radius 3 is 2.45 bits per heavy atom. The third kappa shape index (κ3) is 5.91. The summed E-state index contributed by atoms with van der Waals surface area (Å²) in [6.45, 7) is 1.94. The lowest BCUT2D eigenvalue weighted by molar-refractivity contribution is -0.274. The molecule has 0 N–H and O–H groups in total. The second-order valence-corrected chi connectivity index (χ2v) is 8.30. The van der Waals surface area contributed by atoms with Gasteiger partial charge in [-0.15, -0.1) is 24.9 Å². The number of rotatable bonds is 5. The number of alkyl halides is 3. The summed E-state index contributed by atoms with van der Waals surface area (Å²) in [5, 5.41) is 7.68. The highest BCUT2D eigenvalue weighted by molar-refractivity contribution is 8.38. The van der Waals surface area contributed by atoms with Gasteiger partial charge in [-0.1, -0.05) is 23.9 Å². The van der Waals surface area contributed by atoms with Gasteiger partial charge in [-0.05, 0) is 65.1 Å². The van der Waals surface area contributed by atoms with E-state index in [2.05, 4.69) is 20.2 Å². The summed E-state index contributed by atoms with van der Waals surface area (Å²) in [6, 6.07) is 10.9. The Balaban J connectivity index is 1.80. The van der Waals surface area contributed by atoms with Crippen LogP contribution in [0.1, 0.15) is 11.1 Å². The SMILES string of the molecule is CSC(=Nc1ccc(OC(F)(F)F)cc1)SCc1c(C)cccc1-n1nnn(C)c1=O. The van der Waals surface area contributed by atoms with Gasteiger partial charge in [0, 0.05) is 12.8 Å². The van der Waals surface area contributed by atoms with Crippen molar-refractivity contribution in [3.63, 3.8) is 0 Å². The van der Waals surface area contributed by atoms with Gasteiger partial charge >= 0.3 is 12.1 Å². The van der Waals surface area contributed by atoms with E-state index in [-0.39, 0.29) is 11.4 Å². The van der Waals surface area contributed by atoms with Gasteiger partial charge in [-0.2, -0.15) is 9.36 Å². The van der Waals surface area contributed by atoms with Crippen LogP contribution in [-0.4, -0.2) is 36.8 Å². The lowest BCUT2D eigenvalue weighted by atomic mass is 10.1. The second kappa shape index (κ2) is 9.60. The van der Waals surface area contributed by atoms with Crippen LogP contribution in [-0.2, 0) is 12.8 Å². The first-order chi connectivity index (χ1) is 14.7. The molecule has 0 aliphatic carbocycles. The molecule has 0 radical (unpaired) electrons. The summed E-state index contributed by atoms with van der Waals surface area (Å²) in [5.74, 6) is 0.212. The molecule has 0 saturated heterocycles. The van der Waals surface area contributed by atoms with E-state index in [4.69, 9.17) is 0 Å². The first-order valence-electron chi connectivity index (χ1n) is 8.87. The summed E-state index contributed by atoms with van der Waals surface area (Å²) in [4.78, 5) is 16.8. The highest BCUT2D eigenvalue weighted by Gasteiger charge is 2.30. The molecule has 0 fully saturated rings. The number of aliphatic imine (C=N–C) groups is 1. The molecule has 2 aromatic carbocycles. The van der Waals surface area contributed by atoms with E-state index in [9.17, 15) is 18.0 Å². The molecular formula is C19H18F3N5O2S2. The van der Waals surface area contributed by atoms with Gasteiger partial charge in [0.2, 0.25) is 0 Å². The molecule has 7 nitrogen and oxygen atoms in total. The first kappa shape index (κ1) is 22.9. The van der Waals surface area contributed by atoms with Crippen LogP contribution in [0, 0.1) is 6.92 Å². The van der Waals surface area contributed by atoms with Gasteiger partial charge in [-0.3, -0.25) is 0 Å². The third-order valence-electron chi connectivity index (χ3n) is 4.14. The van der Waals surface area contributed by atoms with Crippen molar-refractivity contribution in [2.45, 2.75) is 19.0 Å². The molecule has 0 unspecified atom stereocenters. The minimum Gasteiger partial charge on any atom is -0.406 e. The average molecular weight is 470 g/mol. The Morgan fingerprint density at radius 2 is 1.87 bits per heavy atom. The number of ether oxygens (including phenoxy) is 1. The number of aromatic nitrogens is 4. The second-order valence-electron chi connectivity index (χ2n) is 6.28. The molecule has 3 rings (SSSR count). The predicted molar refractivity (Wildman–Crippen MR) is 116 cm³/mol. The van der Waals surface area contributed by atoms with Crippen molar-refractivity contribution in [1.82, 2.24) is 19.8 Å². The molecule has 12 heteroatoms. The van der Waals surface area contributed by atoms with E-state index in [0.29, 0.717) is 21.5 Å². The number of benzene rings is 2. The number of nitrogens with zero attached hydrogens (tertiary/aromatic N) is 5. The van der Waals surface area contributed by atoms with E-state index >= 15 is 0 Å². The van der Waals surface area contributed by atoms with E-state index in [1.807, 2.05) is 25.3 Å². The minimum absolute atomic E-state index is 0.302. The van der Waals surface area contributed by atoms with Crippen molar-refractivity contribution >= 4 is 33.6 Å². The standard InChI is InChI=1S/C19H18F3N5O2S2/c1-12-5-4-6-16(27-18(28)26(2)24-25-27)15(12)11-31-17(30-3)23-13-7-9-14(10-8-13)29-19(20,21)22/h4-10H,11H2,1-3H3. The van der Waals surface area contributed by atoms with Gasteiger partial charge in [0.1, 0.15) is 10.1 Å². The van der Waals surface area contributed by atoms with Crippen molar-refractivity contribution in [3.05, 3.63) is 64.1 Å². The van der Waals surface area contributed by atoms with Gasteiger partial charge in [0.25, 0.3) is 0 Å². The number of thioether (sulfide) groups is 2. The highest BCUT2D eigenvalue weighted by Crippen LogP contribution is 2.29. The zero-order valence-electron chi connectivity index (χ0n) is 16.8.